The number of benzene rings is 2. The van der Waals surface area contributed by atoms with E-state index in [9.17, 15) is 26.3 Å². The molecule has 1 fully saturated rings. The molecule has 170 valence electrons. The maximum atomic E-state index is 14.3. The molecule has 0 aliphatic heterocycles. The van der Waals surface area contributed by atoms with Crippen LogP contribution < -0.4 is 0 Å². The molecule has 0 nitrogen and oxygen atoms in total. The number of hydrogen-bond donors (Lipinski definition) is 0. The molecule has 31 heavy (non-hydrogen) atoms. The average Bonchev–Trinajstić information content (AvgIpc) is 2.70. The van der Waals surface area contributed by atoms with E-state index >= 15 is 0 Å². The Morgan fingerprint density at radius 1 is 0.903 bits per heavy atom. The van der Waals surface area contributed by atoms with E-state index in [1.807, 2.05) is 0 Å². The lowest BCUT2D eigenvalue weighted by molar-refractivity contribution is -0.142. The molecule has 2 aromatic rings. The summed E-state index contributed by atoms with van der Waals surface area (Å²) in [6.07, 6.45) is 2.91. The molecule has 3 rings (SSSR count). The van der Waals surface area contributed by atoms with Gasteiger partial charge < -0.3 is 0 Å². The van der Waals surface area contributed by atoms with Gasteiger partial charge in [0.2, 0.25) is 0 Å². The molecule has 0 aromatic heterocycles. The third kappa shape index (κ3) is 5.64. The van der Waals surface area contributed by atoms with E-state index in [-0.39, 0.29) is 5.56 Å². The highest BCUT2D eigenvalue weighted by atomic mass is 19.4. The van der Waals surface area contributed by atoms with E-state index in [1.165, 1.54) is 31.4 Å². The van der Waals surface area contributed by atoms with Gasteiger partial charge >= 0.3 is 6.18 Å². The van der Waals surface area contributed by atoms with Crippen LogP contribution in [0.2, 0.25) is 0 Å². The molecule has 1 saturated carbocycles. The van der Waals surface area contributed by atoms with Crippen molar-refractivity contribution in [2.75, 3.05) is 0 Å². The zero-order valence-corrected chi connectivity index (χ0v) is 17.8. The first-order chi connectivity index (χ1) is 14.6. The van der Waals surface area contributed by atoms with Crippen LogP contribution in [0.5, 0.6) is 0 Å². The monoisotopic (exact) mass is 442 g/mol. The molecule has 0 amide bonds. The van der Waals surface area contributed by atoms with Crippen LogP contribution in [0.4, 0.5) is 26.3 Å². The Kier molecular flexibility index (Phi) is 7.38. The molecular weight excluding hydrogens is 414 g/mol. The maximum Gasteiger partial charge on any atom is 0.422 e. The summed E-state index contributed by atoms with van der Waals surface area (Å²) in [6.45, 7) is 4.47. The van der Waals surface area contributed by atoms with Gasteiger partial charge in [-0.25, -0.2) is 13.2 Å². The SMILES string of the molecule is CC(C)CCCC1CCC(c2ccc(-c3cc(F)c(C(F)(F)F)c(F)c3F)cc2)CC1. The van der Waals surface area contributed by atoms with Gasteiger partial charge in [-0.3, -0.25) is 0 Å². The summed E-state index contributed by atoms with van der Waals surface area (Å²) in [5.74, 6) is -3.86. The van der Waals surface area contributed by atoms with Gasteiger partial charge in [-0.1, -0.05) is 57.4 Å². The van der Waals surface area contributed by atoms with Crippen LogP contribution in [0.15, 0.2) is 30.3 Å². The van der Waals surface area contributed by atoms with Crippen molar-refractivity contribution < 1.29 is 26.3 Å². The highest BCUT2D eigenvalue weighted by Gasteiger charge is 2.40. The second kappa shape index (κ2) is 9.66. The first-order valence-corrected chi connectivity index (χ1v) is 10.9. The van der Waals surface area contributed by atoms with Crippen molar-refractivity contribution in [3.8, 4) is 11.1 Å². The summed E-state index contributed by atoms with van der Waals surface area (Å²) < 4.78 is 80.4. The quantitative estimate of drug-likeness (QED) is 0.309. The minimum atomic E-state index is -5.30. The molecule has 0 bridgehead atoms. The van der Waals surface area contributed by atoms with Gasteiger partial charge in [-0.15, -0.1) is 0 Å². The minimum Gasteiger partial charge on any atom is -0.206 e. The van der Waals surface area contributed by atoms with Crippen LogP contribution in [0.25, 0.3) is 11.1 Å². The third-order valence-electron chi connectivity index (χ3n) is 6.38. The Morgan fingerprint density at radius 2 is 1.52 bits per heavy atom. The van der Waals surface area contributed by atoms with E-state index in [1.54, 1.807) is 12.1 Å². The van der Waals surface area contributed by atoms with Gasteiger partial charge in [0.1, 0.15) is 11.4 Å². The molecule has 0 unspecified atom stereocenters. The van der Waals surface area contributed by atoms with Crippen molar-refractivity contribution in [2.45, 2.75) is 70.9 Å². The zero-order chi connectivity index (χ0) is 22.8. The summed E-state index contributed by atoms with van der Waals surface area (Å²) in [6, 6.07) is 7.03. The molecule has 1 aliphatic rings. The van der Waals surface area contributed by atoms with E-state index < -0.39 is 34.8 Å². The minimum absolute atomic E-state index is 0.148. The second-order valence-electron chi connectivity index (χ2n) is 9.07. The summed E-state index contributed by atoms with van der Waals surface area (Å²) in [7, 11) is 0. The van der Waals surface area contributed by atoms with Gasteiger partial charge in [0.05, 0.1) is 0 Å². The molecule has 0 N–H and O–H groups in total. The normalized spacial score (nSPS) is 19.8. The number of halogens is 6. The fraction of sp³-hybridized carbons (Fsp3) is 0.520. The lowest BCUT2D eigenvalue weighted by Crippen LogP contribution is -2.14. The fourth-order valence-electron chi connectivity index (χ4n) is 4.60. The van der Waals surface area contributed by atoms with Gasteiger partial charge in [0.25, 0.3) is 0 Å². The van der Waals surface area contributed by atoms with E-state index in [0.29, 0.717) is 12.0 Å². The Labute approximate surface area is 179 Å². The van der Waals surface area contributed by atoms with Crippen LogP contribution >= 0.6 is 0 Å². The Hall–Kier alpha value is -1.98. The zero-order valence-electron chi connectivity index (χ0n) is 17.8. The Balaban J connectivity index is 1.69. The molecule has 0 spiro atoms. The smallest absolute Gasteiger partial charge is 0.206 e. The summed E-state index contributed by atoms with van der Waals surface area (Å²) in [4.78, 5) is 0. The van der Waals surface area contributed by atoms with Crippen molar-refractivity contribution >= 4 is 0 Å². The van der Waals surface area contributed by atoms with Crippen LogP contribution in [0, 0.1) is 29.3 Å². The van der Waals surface area contributed by atoms with E-state index in [4.69, 9.17) is 0 Å². The number of alkyl halides is 3. The van der Waals surface area contributed by atoms with Gasteiger partial charge in [-0.2, -0.15) is 13.2 Å². The number of rotatable bonds is 6. The molecule has 0 radical (unpaired) electrons. The van der Waals surface area contributed by atoms with Crippen molar-refractivity contribution in [3.63, 3.8) is 0 Å². The molecule has 1 aliphatic carbocycles. The first-order valence-electron chi connectivity index (χ1n) is 10.9. The van der Waals surface area contributed by atoms with Crippen LogP contribution in [-0.4, -0.2) is 0 Å². The largest absolute Gasteiger partial charge is 0.422 e. The molecule has 6 heteroatoms. The second-order valence-corrected chi connectivity index (χ2v) is 9.07. The van der Waals surface area contributed by atoms with Crippen molar-refractivity contribution in [1.82, 2.24) is 0 Å². The highest BCUT2D eigenvalue weighted by molar-refractivity contribution is 5.65. The molecule has 0 heterocycles. The van der Waals surface area contributed by atoms with Gasteiger partial charge in [0, 0.05) is 5.56 Å². The van der Waals surface area contributed by atoms with E-state index in [0.717, 1.165) is 43.1 Å². The lowest BCUT2D eigenvalue weighted by Gasteiger charge is -2.29. The highest BCUT2D eigenvalue weighted by Crippen LogP contribution is 2.40. The van der Waals surface area contributed by atoms with Gasteiger partial charge in [-0.05, 0) is 60.6 Å². The molecular formula is C25H28F6. The van der Waals surface area contributed by atoms with Crippen LogP contribution in [0.1, 0.15) is 75.8 Å². The van der Waals surface area contributed by atoms with Crippen LogP contribution in [-0.2, 0) is 6.18 Å². The molecule has 0 saturated heterocycles. The summed E-state index contributed by atoms with van der Waals surface area (Å²) in [5.41, 5.74) is -1.49. The standard InChI is InChI=1S/C25H28F6/c1-15(2)4-3-5-16-6-8-17(9-7-16)18-10-12-19(13-11-18)20-14-21(26)22(25(29,30)31)24(28)23(20)27/h10-17H,3-9H2,1-2H3. The average molecular weight is 442 g/mol. The predicted molar refractivity (Wildman–Crippen MR) is 110 cm³/mol. The maximum absolute atomic E-state index is 14.3. The Morgan fingerprint density at radius 3 is 2.06 bits per heavy atom. The first kappa shape index (κ1) is 23.7. The summed E-state index contributed by atoms with van der Waals surface area (Å²) in [5, 5.41) is 0. The lowest BCUT2D eigenvalue weighted by atomic mass is 9.76. The molecule has 0 atom stereocenters. The molecule has 2 aromatic carbocycles. The van der Waals surface area contributed by atoms with Gasteiger partial charge in [0.15, 0.2) is 11.6 Å². The number of hydrogen-bond acceptors (Lipinski definition) is 0. The Bertz CT molecular complexity index is 874. The summed E-state index contributed by atoms with van der Waals surface area (Å²) >= 11 is 0. The van der Waals surface area contributed by atoms with E-state index in [2.05, 4.69) is 13.8 Å². The predicted octanol–water partition coefficient (Wildman–Crippen LogP) is 8.89. The topological polar surface area (TPSA) is 0 Å². The van der Waals surface area contributed by atoms with Crippen LogP contribution in [0.3, 0.4) is 0 Å². The van der Waals surface area contributed by atoms with Crippen molar-refractivity contribution in [1.29, 1.82) is 0 Å². The van der Waals surface area contributed by atoms with Crippen molar-refractivity contribution in [3.05, 3.63) is 58.9 Å². The fourth-order valence-corrected chi connectivity index (χ4v) is 4.60. The third-order valence-corrected chi connectivity index (χ3v) is 6.38. The van der Waals surface area contributed by atoms with Crippen molar-refractivity contribution in [2.24, 2.45) is 11.8 Å².